The number of phenolic OH excluding ortho intramolecular Hbond substituents is 1. The number of carboxylic acid groups (broad SMARTS) is 1. The topological polar surface area (TPSA) is 83.5 Å². The number of aliphatic carboxylic acids is 1. The molecule has 0 fully saturated rings. The fraction of sp³-hybridized carbons (Fsp3) is 0.222. The molecule has 1 atom stereocenters. The van der Waals surface area contributed by atoms with Crippen molar-refractivity contribution in [1.82, 2.24) is 0 Å². The van der Waals surface area contributed by atoms with Gasteiger partial charge in [-0.05, 0) is 0 Å². The van der Waals surface area contributed by atoms with Crippen LogP contribution >= 0.6 is 0 Å². The Hall–Kier alpha value is -0.680. The molecule has 0 radical (unpaired) electrons. The zero-order valence-electron chi connectivity index (χ0n) is 7.90. The van der Waals surface area contributed by atoms with Crippen molar-refractivity contribution in [2.75, 3.05) is 0 Å². The Balaban J connectivity index is 2.78. The van der Waals surface area contributed by atoms with Gasteiger partial charge < -0.3 is 0 Å². The van der Waals surface area contributed by atoms with Crippen LogP contribution in [-0.2, 0) is 11.2 Å². The fourth-order valence-corrected chi connectivity index (χ4v) is 2.72. The van der Waals surface area contributed by atoms with Gasteiger partial charge in [-0.25, -0.2) is 0 Å². The van der Waals surface area contributed by atoms with Crippen LogP contribution in [0.15, 0.2) is 18.2 Å². The van der Waals surface area contributed by atoms with Crippen molar-refractivity contribution >= 4 is 33.7 Å². The van der Waals surface area contributed by atoms with Gasteiger partial charge in [-0.2, -0.15) is 0 Å². The molecule has 4 N–H and O–H groups in total. The van der Waals surface area contributed by atoms with E-state index in [0.29, 0.717) is 12.2 Å². The average molecular weight is 297 g/mol. The van der Waals surface area contributed by atoms with Crippen LogP contribution in [0.5, 0.6) is 5.75 Å². The molecule has 0 aromatic heterocycles. The van der Waals surface area contributed by atoms with Crippen LogP contribution < -0.4 is 9.05 Å². The van der Waals surface area contributed by atoms with Crippen LogP contribution in [0.1, 0.15) is 5.56 Å². The standard InChI is InChI=1S/C9H10NO3.In.2H/c10-8(9(12)13)5-6-1-3-7(11)4-2-6;;;/h1-3,8,11H,5,10H2,(H,12,13);;;/t8-;;;/m0.../s1. The number of carboxylic acids is 1. The maximum absolute atomic E-state index is 10.5. The van der Waals surface area contributed by atoms with E-state index in [1.54, 1.807) is 12.1 Å². The van der Waals surface area contributed by atoms with Crippen LogP contribution in [0.4, 0.5) is 0 Å². The number of benzene rings is 1. The van der Waals surface area contributed by atoms with E-state index in [1.807, 2.05) is 6.07 Å². The summed E-state index contributed by atoms with van der Waals surface area (Å²) in [5, 5.41) is 17.9. The van der Waals surface area contributed by atoms with Gasteiger partial charge in [0.1, 0.15) is 0 Å². The third-order valence-corrected chi connectivity index (χ3v) is 4.32. The monoisotopic (exact) mass is 297 g/mol. The average Bonchev–Trinajstić information content (AvgIpc) is 2.11. The summed E-state index contributed by atoms with van der Waals surface area (Å²) in [6.45, 7) is 0. The molecule has 5 heteroatoms. The molecular weight excluding hydrogens is 285 g/mol. The van der Waals surface area contributed by atoms with Crippen LogP contribution in [0, 0.1) is 0 Å². The molecule has 0 aliphatic heterocycles. The maximum atomic E-state index is 10.5. The summed E-state index contributed by atoms with van der Waals surface area (Å²) in [5.74, 6) is -0.701. The second-order valence-electron chi connectivity index (χ2n) is 3.27. The molecule has 0 bridgehead atoms. The first kappa shape index (κ1) is 11.4. The second-order valence-corrected chi connectivity index (χ2v) is 6.34. The molecule has 0 saturated carbocycles. The van der Waals surface area contributed by atoms with E-state index in [0.717, 1.165) is 8.88 Å². The molecule has 0 aliphatic carbocycles. The number of rotatable bonds is 3. The Kier molecular flexibility index (Phi) is 3.83. The minimum absolute atomic E-state index is 0.210. The van der Waals surface area contributed by atoms with Crippen LogP contribution in [0.3, 0.4) is 0 Å². The number of phenols is 1. The molecule has 0 saturated heterocycles. The summed E-state index contributed by atoms with van der Waals surface area (Å²) < 4.78 is 0.932. The number of aromatic hydroxyl groups is 1. The summed E-state index contributed by atoms with van der Waals surface area (Å²) in [6.07, 6.45) is 0.308. The van der Waals surface area contributed by atoms with Gasteiger partial charge in [0.2, 0.25) is 0 Å². The molecule has 1 aromatic rings. The van der Waals surface area contributed by atoms with E-state index in [1.165, 1.54) is 0 Å². The molecule has 4 nitrogen and oxygen atoms in total. The van der Waals surface area contributed by atoms with Gasteiger partial charge in [0, 0.05) is 0 Å². The minimum atomic E-state index is -1.00. The summed E-state index contributed by atoms with van der Waals surface area (Å²) in [6, 6.07) is 4.26. The molecule has 0 amide bonds. The van der Waals surface area contributed by atoms with E-state index in [9.17, 15) is 9.90 Å². The molecule has 0 unspecified atom stereocenters. The van der Waals surface area contributed by atoms with Crippen molar-refractivity contribution in [3.8, 4) is 5.75 Å². The number of hydrogen-bond acceptors (Lipinski definition) is 3. The van der Waals surface area contributed by atoms with Crippen molar-refractivity contribution < 1.29 is 15.0 Å². The van der Waals surface area contributed by atoms with Gasteiger partial charge in [0.05, 0.1) is 0 Å². The van der Waals surface area contributed by atoms with Crippen LogP contribution in [0.2, 0.25) is 0 Å². The van der Waals surface area contributed by atoms with Crippen molar-refractivity contribution in [2.24, 2.45) is 5.73 Å². The molecule has 0 heterocycles. The molecular formula is C9H12InNO3. The number of carbonyl (C=O) groups is 1. The van der Waals surface area contributed by atoms with E-state index < -0.39 is 12.0 Å². The van der Waals surface area contributed by atoms with Gasteiger partial charge in [-0.1, -0.05) is 0 Å². The van der Waals surface area contributed by atoms with E-state index in [-0.39, 0.29) is 24.4 Å². The fourth-order valence-electron chi connectivity index (χ4n) is 1.19. The zero-order valence-corrected chi connectivity index (χ0v) is 13.6. The third-order valence-electron chi connectivity index (χ3n) is 2.03. The molecule has 1 rings (SSSR count). The number of hydrogen-bond donors (Lipinski definition) is 3. The second kappa shape index (κ2) is 4.70. The normalized spacial score (nSPS) is 12.4. The molecule has 0 spiro atoms. The third kappa shape index (κ3) is 2.92. The Bertz CT molecular complexity index is 354. The van der Waals surface area contributed by atoms with Crippen LogP contribution in [-0.4, -0.2) is 46.6 Å². The molecule has 74 valence electrons. The Morgan fingerprint density at radius 3 is 2.71 bits per heavy atom. The summed E-state index contributed by atoms with van der Waals surface area (Å²) >= 11 is 0.210. The van der Waals surface area contributed by atoms with Crippen molar-refractivity contribution in [1.29, 1.82) is 0 Å². The first-order valence-electron chi connectivity index (χ1n) is 4.27. The summed E-state index contributed by atoms with van der Waals surface area (Å²) in [5.41, 5.74) is 6.26. The summed E-state index contributed by atoms with van der Waals surface area (Å²) in [4.78, 5) is 10.5. The Morgan fingerprint density at radius 2 is 2.21 bits per heavy atom. The van der Waals surface area contributed by atoms with Crippen molar-refractivity contribution in [2.45, 2.75) is 12.5 Å². The van der Waals surface area contributed by atoms with Crippen molar-refractivity contribution in [3.63, 3.8) is 0 Å². The molecule has 14 heavy (non-hydrogen) atoms. The number of nitrogens with two attached hydrogens (primary N) is 1. The van der Waals surface area contributed by atoms with Gasteiger partial charge in [-0.3, -0.25) is 0 Å². The first-order valence-corrected chi connectivity index (χ1v) is 7.13. The molecule has 0 aliphatic rings. The van der Waals surface area contributed by atoms with Gasteiger partial charge in [0.25, 0.3) is 0 Å². The van der Waals surface area contributed by atoms with Crippen molar-refractivity contribution in [3.05, 3.63) is 23.8 Å². The van der Waals surface area contributed by atoms with E-state index >= 15 is 0 Å². The van der Waals surface area contributed by atoms with E-state index in [4.69, 9.17) is 10.8 Å². The predicted molar refractivity (Wildman–Crippen MR) is 55.6 cm³/mol. The van der Waals surface area contributed by atoms with Crippen LogP contribution in [0.25, 0.3) is 0 Å². The van der Waals surface area contributed by atoms with Gasteiger partial charge in [0.15, 0.2) is 0 Å². The van der Waals surface area contributed by atoms with Gasteiger partial charge in [-0.15, -0.1) is 0 Å². The zero-order chi connectivity index (χ0) is 10.7. The summed E-state index contributed by atoms with van der Waals surface area (Å²) in [7, 11) is 0. The quantitative estimate of drug-likeness (QED) is 0.641. The Morgan fingerprint density at radius 1 is 1.57 bits per heavy atom. The Labute approximate surface area is 96.3 Å². The van der Waals surface area contributed by atoms with E-state index in [2.05, 4.69) is 0 Å². The SMILES string of the molecule is N[C@@H](Cc1ccc(O)[c]([InH2])c1)C(=O)O. The first-order chi connectivity index (χ1) is 6.50. The van der Waals surface area contributed by atoms with Gasteiger partial charge >= 0.3 is 96.4 Å². The predicted octanol–water partition coefficient (Wildman–Crippen LogP) is -1.40. The molecule has 1 aromatic carbocycles.